The van der Waals surface area contributed by atoms with Crippen molar-refractivity contribution in [3.05, 3.63) is 48.2 Å². The third kappa shape index (κ3) is 3.99. The van der Waals surface area contributed by atoms with Gasteiger partial charge in [0, 0.05) is 12.7 Å². The standard InChI is InChI=1S/C19H22N4O2S/c1-4-13(2)14-8-5-6-9-15(14)20-17(24)12-26-19-22-21-18(23(19)3)16-10-7-11-25-16/h5-11,13H,4,12H2,1-3H3,(H,20,24)/t13-/m1/s1. The highest BCUT2D eigenvalue weighted by Crippen LogP contribution is 2.27. The Morgan fingerprint density at radius 3 is 2.81 bits per heavy atom. The van der Waals surface area contributed by atoms with Gasteiger partial charge in [0.05, 0.1) is 12.0 Å². The summed E-state index contributed by atoms with van der Waals surface area (Å²) in [5, 5.41) is 12.0. The second-order valence-electron chi connectivity index (χ2n) is 6.08. The van der Waals surface area contributed by atoms with Crippen LogP contribution in [0.5, 0.6) is 0 Å². The van der Waals surface area contributed by atoms with E-state index >= 15 is 0 Å². The van der Waals surface area contributed by atoms with Gasteiger partial charge in [-0.1, -0.05) is 43.8 Å². The molecule has 136 valence electrons. The minimum atomic E-state index is -0.0618. The number of anilines is 1. The molecule has 1 amide bonds. The number of nitrogens with one attached hydrogen (secondary N) is 1. The fourth-order valence-electron chi connectivity index (χ4n) is 2.64. The Balaban J connectivity index is 1.64. The first-order valence-corrected chi connectivity index (χ1v) is 9.53. The summed E-state index contributed by atoms with van der Waals surface area (Å²) in [5.74, 6) is 1.89. The lowest BCUT2D eigenvalue weighted by Gasteiger charge is -2.15. The van der Waals surface area contributed by atoms with Gasteiger partial charge in [0.2, 0.25) is 5.91 Å². The number of nitrogens with zero attached hydrogens (tertiary/aromatic N) is 3. The Morgan fingerprint density at radius 1 is 1.27 bits per heavy atom. The zero-order chi connectivity index (χ0) is 18.5. The monoisotopic (exact) mass is 370 g/mol. The SMILES string of the molecule is CC[C@@H](C)c1ccccc1NC(=O)CSc1nnc(-c2ccco2)n1C. The zero-order valence-electron chi connectivity index (χ0n) is 15.1. The van der Waals surface area contributed by atoms with Gasteiger partial charge in [0.15, 0.2) is 16.7 Å². The second kappa shape index (κ2) is 8.23. The summed E-state index contributed by atoms with van der Waals surface area (Å²) in [5.41, 5.74) is 2.04. The minimum Gasteiger partial charge on any atom is -0.461 e. The van der Waals surface area contributed by atoms with Crippen LogP contribution in [-0.4, -0.2) is 26.4 Å². The highest BCUT2D eigenvalue weighted by atomic mass is 32.2. The number of para-hydroxylation sites is 1. The highest BCUT2D eigenvalue weighted by molar-refractivity contribution is 7.99. The van der Waals surface area contributed by atoms with Crippen molar-refractivity contribution in [2.45, 2.75) is 31.3 Å². The summed E-state index contributed by atoms with van der Waals surface area (Å²) >= 11 is 1.35. The van der Waals surface area contributed by atoms with Crippen LogP contribution in [0, 0.1) is 0 Å². The van der Waals surface area contributed by atoms with Gasteiger partial charge in [-0.05, 0) is 36.1 Å². The summed E-state index contributed by atoms with van der Waals surface area (Å²) in [7, 11) is 1.86. The van der Waals surface area contributed by atoms with Gasteiger partial charge in [-0.3, -0.25) is 4.79 Å². The Hall–Kier alpha value is -2.54. The Kier molecular flexibility index (Phi) is 5.78. The molecule has 2 aromatic heterocycles. The lowest BCUT2D eigenvalue weighted by Crippen LogP contribution is -2.16. The predicted octanol–water partition coefficient (Wildman–Crippen LogP) is 4.32. The van der Waals surface area contributed by atoms with Gasteiger partial charge in [-0.25, -0.2) is 0 Å². The Labute approximate surface area is 157 Å². The summed E-state index contributed by atoms with van der Waals surface area (Å²) in [4.78, 5) is 12.4. The highest BCUT2D eigenvalue weighted by Gasteiger charge is 2.15. The van der Waals surface area contributed by atoms with E-state index in [2.05, 4.69) is 35.4 Å². The van der Waals surface area contributed by atoms with E-state index in [4.69, 9.17) is 4.42 Å². The zero-order valence-corrected chi connectivity index (χ0v) is 15.9. The largest absolute Gasteiger partial charge is 0.461 e. The van der Waals surface area contributed by atoms with Gasteiger partial charge in [0.25, 0.3) is 0 Å². The average Bonchev–Trinajstić information content (AvgIpc) is 3.29. The van der Waals surface area contributed by atoms with Crippen molar-refractivity contribution >= 4 is 23.4 Å². The number of rotatable bonds is 7. The molecule has 0 saturated heterocycles. The molecule has 0 fully saturated rings. The van der Waals surface area contributed by atoms with Crippen molar-refractivity contribution in [3.8, 4) is 11.6 Å². The molecule has 1 N–H and O–H groups in total. The molecule has 0 radical (unpaired) electrons. The van der Waals surface area contributed by atoms with E-state index in [1.165, 1.54) is 11.8 Å². The summed E-state index contributed by atoms with van der Waals surface area (Å²) in [6.07, 6.45) is 2.62. The number of thioether (sulfide) groups is 1. The molecular weight excluding hydrogens is 348 g/mol. The third-order valence-corrected chi connectivity index (χ3v) is 5.31. The number of hydrogen-bond donors (Lipinski definition) is 1. The van der Waals surface area contributed by atoms with Crippen LogP contribution in [0.1, 0.15) is 31.7 Å². The van der Waals surface area contributed by atoms with Gasteiger partial charge in [-0.2, -0.15) is 0 Å². The van der Waals surface area contributed by atoms with Crippen LogP contribution in [0.2, 0.25) is 0 Å². The van der Waals surface area contributed by atoms with E-state index in [0.29, 0.717) is 22.7 Å². The van der Waals surface area contributed by atoms with Crippen molar-refractivity contribution in [1.82, 2.24) is 14.8 Å². The summed E-state index contributed by atoms with van der Waals surface area (Å²) in [6.45, 7) is 4.30. The molecule has 0 aliphatic carbocycles. The molecular formula is C19H22N4O2S. The maximum absolute atomic E-state index is 12.4. The van der Waals surface area contributed by atoms with E-state index < -0.39 is 0 Å². The van der Waals surface area contributed by atoms with Crippen LogP contribution in [0.3, 0.4) is 0 Å². The van der Waals surface area contributed by atoms with Crippen LogP contribution in [0.25, 0.3) is 11.6 Å². The molecule has 0 aliphatic rings. The summed E-state index contributed by atoms with van der Waals surface area (Å²) < 4.78 is 7.18. The fraction of sp³-hybridized carbons (Fsp3) is 0.316. The van der Waals surface area contributed by atoms with Crippen LogP contribution in [0.15, 0.2) is 52.2 Å². The number of benzene rings is 1. The van der Waals surface area contributed by atoms with E-state index in [-0.39, 0.29) is 11.7 Å². The number of carbonyl (C=O) groups is 1. The first-order chi connectivity index (χ1) is 12.6. The molecule has 2 heterocycles. The Bertz CT molecular complexity index is 874. The smallest absolute Gasteiger partial charge is 0.234 e. The third-order valence-electron chi connectivity index (χ3n) is 4.29. The maximum atomic E-state index is 12.4. The van der Waals surface area contributed by atoms with Gasteiger partial charge < -0.3 is 14.3 Å². The van der Waals surface area contributed by atoms with Gasteiger partial charge >= 0.3 is 0 Å². The van der Waals surface area contributed by atoms with Crippen LogP contribution in [-0.2, 0) is 11.8 Å². The maximum Gasteiger partial charge on any atom is 0.234 e. The molecule has 6 nitrogen and oxygen atoms in total. The average molecular weight is 370 g/mol. The topological polar surface area (TPSA) is 73.0 Å². The second-order valence-corrected chi connectivity index (χ2v) is 7.02. The van der Waals surface area contributed by atoms with Crippen molar-refractivity contribution in [1.29, 1.82) is 0 Å². The van der Waals surface area contributed by atoms with E-state index in [9.17, 15) is 4.79 Å². The number of carbonyl (C=O) groups excluding carboxylic acids is 1. The van der Waals surface area contributed by atoms with Gasteiger partial charge in [0.1, 0.15) is 0 Å². The minimum absolute atomic E-state index is 0.0618. The molecule has 0 spiro atoms. The molecule has 3 rings (SSSR count). The normalized spacial score (nSPS) is 12.1. The van der Waals surface area contributed by atoms with E-state index in [1.807, 2.05) is 35.9 Å². The van der Waals surface area contributed by atoms with Crippen molar-refractivity contribution < 1.29 is 9.21 Å². The quantitative estimate of drug-likeness (QED) is 0.627. The number of hydrogen-bond acceptors (Lipinski definition) is 5. The van der Waals surface area contributed by atoms with Crippen LogP contribution < -0.4 is 5.32 Å². The predicted molar refractivity (Wildman–Crippen MR) is 103 cm³/mol. The van der Waals surface area contributed by atoms with Gasteiger partial charge in [-0.15, -0.1) is 10.2 Å². The van der Waals surface area contributed by atoms with Crippen LogP contribution >= 0.6 is 11.8 Å². The lowest BCUT2D eigenvalue weighted by molar-refractivity contribution is -0.113. The molecule has 1 atom stereocenters. The van der Waals surface area contributed by atoms with E-state index in [1.54, 1.807) is 12.3 Å². The van der Waals surface area contributed by atoms with Crippen LogP contribution in [0.4, 0.5) is 5.69 Å². The molecule has 0 bridgehead atoms. The summed E-state index contributed by atoms with van der Waals surface area (Å²) in [6, 6.07) is 11.6. The molecule has 0 saturated carbocycles. The lowest BCUT2D eigenvalue weighted by atomic mass is 9.97. The molecule has 7 heteroatoms. The number of furan rings is 1. The molecule has 1 aromatic carbocycles. The van der Waals surface area contributed by atoms with Crippen molar-refractivity contribution in [2.75, 3.05) is 11.1 Å². The number of aromatic nitrogens is 3. The molecule has 3 aromatic rings. The molecule has 0 unspecified atom stereocenters. The Morgan fingerprint density at radius 2 is 2.08 bits per heavy atom. The fourth-order valence-corrected chi connectivity index (χ4v) is 3.35. The first-order valence-electron chi connectivity index (χ1n) is 8.55. The first kappa shape index (κ1) is 18.3. The molecule has 0 aliphatic heterocycles. The van der Waals surface area contributed by atoms with E-state index in [0.717, 1.165) is 17.7 Å². The number of amides is 1. The van der Waals surface area contributed by atoms with Crippen molar-refractivity contribution in [2.24, 2.45) is 7.05 Å². The molecule has 26 heavy (non-hydrogen) atoms. The van der Waals surface area contributed by atoms with Crippen molar-refractivity contribution in [3.63, 3.8) is 0 Å².